The zero-order valence-electron chi connectivity index (χ0n) is 11.9. The number of anilines is 1. The molecule has 4 heteroatoms. The molecule has 0 saturated carbocycles. The minimum atomic E-state index is 0.157. The third-order valence-corrected chi connectivity index (χ3v) is 3.01. The maximum absolute atomic E-state index is 10.2. The summed E-state index contributed by atoms with van der Waals surface area (Å²) in [5, 5.41) is 10.2. The van der Waals surface area contributed by atoms with E-state index < -0.39 is 0 Å². The average molecular weight is 271 g/mol. The summed E-state index contributed by atoms with van der Waals surface area (Å²) in [6.07, 6.45) is 5.43. The van der Waals surface area contributed by atoms with Gasteiger partial charge in [-0.1, -0.05) is 12.1 Å². The van der Waals surface area contributed by atoms with Crippen molar-refractivity contribution in [2.24, 2.45) is 0 Å². The van der Waals surface area contributed by atoms with Crippen molar-refractivity contribution >= 4 is 17.6 Å². The summed E-state index contributed by atoms with van der Waals surface area (Å²) in [7, 11) is 5.56. The van der Waals surface area contributed by atoms with Gasteiger partial charge in [0, 0.05) is 31.9 Å². The van der Waals surface area contributed by atoms with Crippen LogP contribution in [0.3, 0.4) is 0 Å². The fourth-order valence-electron chi connectivity index (χ4n) is 1.88. The van der Waals surface area contributed by atoms with Crippen molar-refractivity contribution in [2.75, 3.05) is 26.1 Å². The van der Waals surface area contributed by atoms with E-state index in [9.17, 15) is 5.11 Å². The Balaban J connectivity index is 2.30. The molecule has 104 valence electrons. The van der Waals surface area contributed by atoms with E-state index in [0.717, 1.165) is 5.69 Å². The number of aliphatic hydroxyl groups is 1. The van der Waals surface area contributed by atoms with E-state index in [4.69, 9.17) is 4.74 Å². The summed E-state index contributed by atoms with van der Waals surface area (Å²) in [5.74, 6) is 0.803. The average Bonchev–Trinajstić information content (AvgIpc) is 2.47. The van der Waals surface area contributed by atoms with Crippen molar-refractivity contribution in [1.82, 2.24) is 0 Å². The molecule has 1 aromatic heterocycles. The van der Waals surface area contributed by atoms with Crippen molar-refractivity contribution in [3.8, 4) is 5.75 Å². The molecular weight excluding hydrogens is 252 g/mol. The smallest absolute Gasteiger partial charge is 0.217 e. The van der Waals surface area contributed by atoms with Gasteiger partial charge in [0.15, 0.2) is 18.2 Å². The lowest BCUT2D eigenvalue weighted by molar-refractivity contribution is -0.568. The van der Waals surface area contributed by atoms with Gasteiger partial charge in [-0.2, -0.15) is 4.57 Å². The second-order valence-electron chi connectivity index (χ2n) is 4.61. The van der Waals surface area contributed by atoms with Gasteiger partial charge in [-0.15, -0.1) is 0 Å². The molecule has 1 heterocycles. The van der Waals surface area contributed by atoms with Crippen LogP contribution in [0, 0.1) is 0 Å². The molecule has 0 aliphatic heterocycles. The fraction of sp³-hybridized carbons (Fsp3) is 0.188. The molecule has 0 bridgehead atoms. The van der Waals surface area contributed by atoms with Crippen LogP contribution in [0.4, 0.5) is 5.69 Å². The van der Waals surface area contributed by atoms with Gasteiger partial charge < -0.3 is 14.7 Å². The second-order valence-corrected chi connectivity index (χ2v) is 4.61. The maximum atomic E-state index is 10.2. The van der Waals surface area contributed by atoms with E-state index in [-0.39, 0.29) is 5.76 Å². The molecule has 0 aliphatic rings. The number of ether oxygens (including phenoxy) is 1. The predicted molar refractivity (Wildman–Crippen MR) is 80.8 cm³/mol. The molecule has 1 N–H and O–H groups in total. The first-order chi connectivity index (χ1) is 9.61. The Hall–Kier alpha value is -2.49. The highest BCUT2D eigenvalue weighted by molar-refractivity contribution is 5.70. The van der Waals surface area contributed by atoms with Gasteiger partial charge in [0.05, 0.1) is 12.7 Å². The van der Waals surface area contributed by atoms with E-state index in [1.807, 2.05) is 67.8 Å². The number of benzene rings is 1. The van der Waals surface area contributed by atoms with Crippen LogP contribution in [0.25, 0.3) is 12.0 Å². The SMILES string of the molecule is COc1ccccc1/C(O)=C\[n+]1ccc(N(C)C)cc1. The van der Waals surface area contributed by atoms with E-state index in [0.29, 0.717) is 11.3 Å². The number of pyridine rings is 1. The normalized spacial score (nSPS) is 11.2. The van der Waals surface area contributed by atoms with E-state index in [1.165, 1.54) is 0 Å². The Bertz CT molecular complexity index is 604. The minimum absolute atomic E-state index is 0.157. The van der Waals surface area contributed by atoms with Crippen LogP contribution in [-0.4, -0.2) is 26.3 Å². The first-order valence-corrected chi connectivity index (χ1v) is 6.34. The van der Waals surface area contributed by atoms with Gasteiger partial charge in [0.2, 0.25) is 6.20 Å². The van der Waals surface area contributed by atoms with Gasteiger partial charge in [0.1, 0.15) is 5.75 Å². The first-order valence-electron chi connectivity index (χ1n) is 6.34. The van der Waals surface area contributed by atoms with E-state index >= 15 is 0 Å². The Morgan fingerprint density at radius 1 is 1.15 bits per heavy atom. The molecule has 0 fully saturated rings. The Kier molecular flexibility index (Phi) is 4.25. The summed E-state index contributed by atoms with van der Waals surface area (Å²) in [6.45, 7) is 0. The van der Waals surface area contributed by atoms with Crippen LogP contribution in [-0.2, 0) is 0 Å². The van der Waals surface area contributed by atoms with Crippen LogP contribution >= 0.6 is 0 Å². The predicted octanol–water partition coefficient (Wildman–Crippen LogP) is 2.56. The van der Waals surface area contributed by atoms with Crippen molar-refractivity contribution in [2.45, 2.75) is 0 Å². The minimum Gasteiger partial charge on any atom is -0.502 e. The highest BCUT2D eigenvalue weighted by Gasteiger charge is 2.09. The number of hydrogen-bond donors (Lipinski definition) is 1. The standard InChI is InChI=1S/C16H18N2O2/c1-17(2)13-8-10-18(11-9-13)12-15(19)14-6-4-5-7-16(14)20-3/h4-12H,1-3H3/p+1/b15-12+. The summed E-state index contributed by atoms with van der Waals surface area (Å²) < 4.78 is 7.04. The maximum Gasteiger partial charge on any atom is 0.217 e. The number of nitrogens with zero attached hydrogens (tertiary/aromatic N) is 2. The summed E-state index contributed by atoms with van der Waals surface area (Å²) >= 11 is 0. The quantitative estimate of drug-likeness (QED) is 0.686. The summed E-state index contributed by atoms with van der Waals surface area (Å²) in [6, 6.07) is 11.3. The van der Waals surface area contributed by atoms with Crippen LogP contribution < -0.4 is 14.2 Å². The highest BCUT2D eigenvalue weighted by atomic mass is 16.5. The summed E-state index contributed by atoms with van der Waals surface area (Å²) in [5.41, 5.74) is 1.77. The van der Waals surface area contributed by atoms with E-state index in [2.05, 4.69) is 0 Å². The van der Waals surface area contributed by atoms with Crippen LogP contribution in [0.5, 0.6) is 5.75 Å². The lowest BCUT2D eigenvalue weighted by Gasteiger charge is -2.10. The number of methoxy groups -OCH3 is 1. The number of rotatable bonds is 4. The largest absolute Gasteiger partial charge is 0.502 e. The number of para-hydroxylation sites is 1. The zero-order valence-corrected chi connectivity index (χ0v) is 11.9. The molecule has 20 heavy (non-hydrogen) atoms. The van der Waals surface area contributed by atoms with Crippen molar-refractivity contribution in [1.29, 1.82) is 0 Å². The molecule has 0 aliphatic carbocycles. The molecule has 0 amide bonds. The van der Waals surface area contributed by atoms with Crippen molar-refractivity contribution < 1.29 is 14.4 Å². The molecule has 0 spiro atoms. The van der Waals surface area contributed by atoms with Gasteiger partial charge in [-0.3, -0.25) is 0 Å². The molecular formula is C16H19N2O2+. The molecule has 0 saturated heterocycles. The molecule has 4 nitrogen and oxygen atoms in total. The molecule has 0 unspecified atom stereocenters. The number of aliphatic hydroxyl groups excluding tert-OH is 1. The fourth-order valence-corrected chi connectivity index (χ4v) is 1.88. The Morgan fingerprint density at radius 3 is 2.40 bits per heavy atom. The topological polar surface area (TPSA) is 36.6 Å². The van der Waals surface area contributed by atoms with Crippen molar-refractivity contribution in [3.05, 3.63) is 54.4 Å². The lowest BCUT2D eigenvalue weighted by atomic mass is 10.1. The van der Waals surface area contributed by atoms with E-state index in [1.54, 1.807) is 17.9 Å². The number of aromatic nitrogens is 1. The Morgan fingerprint density at radius 2 is 1.80 bits per heavy atom. The molecule has 0 atom stereocenters. The highest BCUT2D eigenvalue weighted by Crippen LogP contribution is 2.23. The van der Waals surface area contributed by atoms with Gasteiger partial charge >= 0.3 is 0 Å². The second kappa shape index (κ2) is 6.10. The van der Waals surface area contributed by atoms with Crippen LogP contribution in [0.2, 0.25) is 0 Å². The number of hydrogen-bond acceptors (Lipinski definition) is 3. The summed E-state index contributed by atoms with van der Waals surface area (Å²) in [4.78, 5) is 2.02. The lowest BCUT2D eigenvalue weighted by Crippen LogP contribution is -2.25. The molecule has 2 aromatic rings. The van der Waals surface area contributed by atoms with Gasteiger partial charge in [-0.05, 0) is 12.1 Å². The van der Waals surface area contributed by atoms with Gasteiger partial charge in [0.25, 0.3) is 0 Å². The molecule has 1 aromatic carbocycles. The first kappa shape index (κ1) is 13.9. The van der Waals surface area contributed by atoms with Crippen LogP contribution in [0.15, 0.2) is 48.8 Å². The third-order valence-electron chi connectivity index (χ3n) is 3.01. The van der Waals surface area contributed by atoms with Crippen LogP contribution in [0.1, 0.15) is 5.56 Å². The zero-order chi connectivity index (χ0) is 14.5. The molecule has 0 radical (unpaired) electrons. The Labute approximate surface area is 119 Å². The van der Waals surface area contributed by atoms with Gasteiger partial charge in [-0.25, -0.2) is 0 Å². The third kappa shape index (κ3) is 3.09. The monoisotopic (exact) mass is 271 g/mol. The van der Waals surface area contributed by atoms with Crippen molar-refractivity contribution in [3.63, 3.8) is 0 Å². The molecule has 2 rings (SSSR count).